The Labute approximate surface area is 69.9 Å². The summed E-state index contributed by atoms with van der Waals surface area (Å²) >= 11 is 0. The predicted octanol–water partition coefficient (Wildman–Crippen LogP) is -0.560. The molecule has 64 valence electrons. The van der Waals surface area contributed by atoms with Crippen LogP contribution < -0.4 is 5.14 Å². The van der Waals surface area contributed by atoms with E-state index >= 15 is 0 Å². The summed E-state index contributed by atoms with van der Waals surface area (Å²) in [5.41, 5.74) is 8.44. The summed E-state index contributed by atoms with van der Waals surface area (Å²) in [6, 6.07) is 0. The summed E-state index contributed by atoms with van der Waals surface area (Å²) in [4.78, 5) is 2.81. The number of rotatable bonds is 1. The predicted molar refractivity (Wildman–Crippen MR) is 43.8 cm³/mol. The Balaban J connectivity index is 3.16. The van der Waals surface area contributed by atoms with E-state index in [9.17, 15) is 8.42 Å². The second-order valence-electron chi connectivity index (χ2n) is 2.28. The summed E-state index contributed by atoms with van der Waals surface area (Å²) in [6.07, 6.45) is 5.83. The summed E-state index contributed by atoms with van der Waals surface area (Å²) < 4.78 is 21.7. The third-order valence-electron chi connectivity index (χ3n) is 1.42. The standard InChI is InChI=1S/C6H7N3O2S/c7-9-5-3-1-2-4-6(5)12(8,10)11/h1-4,6H,(H2,8,10,11). The molecule has 0 aromatic rings. The molecule has 12 heavy (non-hydrogen) atoms. The number of nitrogens with zero attached hydrogens (tertiary/aromatic N) is 2. The molecule has 0 aromatic carbocycles. The fourth-order valence-electron chi connectivity index (χ4n) is 0.881. The van der Waals surface area contributed by atoms with Gasteiger partial charge in [-0.05, 0) is 0 Å². The SMILES string of the molecule is [N-]=[N+]=C1C=CC=CC1S(N)(=O)=O. The molecule has 5 nitrogen and oxygen atoms in total. The third kappa shape index (κ3) is 1.68. The maximum atomic E-state index is 10.9. The van der Waals surface area contributed by atoms with Crippen molar-refractivity contribution < 1.29 is 13.2 Å². The van der Waals surface area contributed by atoms with E-state index in [4.69, 9.17) is 10.7 Å². The van der Waals surface area contributed by atoms with Gasteiger partial charge in [-0.1, -0.05) is 18.2 Å². The Bertz CT molecular complexity index is 387. The first-order valence-corrected chi connectivity index (χ1v) is 4.75. The molecule has 1 rings (SSSR count). The lowest BCUT2D eigenvalue weighted by Crippen LogP contribution is -2.34. The van der Waals surface area contributed by atoms with Crippen LogP contribution in [-0.2, 0) is 10.0 Å². The highest BCUT2D eigenvalue weighted by Gasteiger charge is 2.30. The van der Waals surface area contributed by atoms with Crippen molar-refractivity contribution in [1.29, 1.82) is 0 Å². The van der Waals surface area contributed by atoms with Gasteiger partial charge in [0.15, 0.2) is 5.25 Å². The van der Waals surface area contributed by atoms with E-state index in [-0.39, 0.29) is 5.71 Å². The molecule has 0 spiro atoms. The van der Waals surface area contributed by atoms with Crippen molar-refractivity contribution >= 4 is 15.7 Å². The van der Waals surface area contributed by atoms with Gasteiger partial charge in [-0.3, -0.25) is 0 Å². The first kappa shape index (κ1) is 8.86. The lowest BCUT2D eigenvalue weighted by molar-refractivity contribution is -0.00509. The minimum Gasteiger partial charge on any atom is -0.361 e. The molecular formula is C6H7N3O2S. The van der Waals surface area contributed by atoms with E-state index in [0.717, 1.165) is 0 Å². The number of sulfonamides is 1. The number of allylic oxidation sites excluding steroid dienone is 3. The summed E-state index contributed by atoms with van der Waals surface area (Å²) in [7, 11) is -3.72. The normalized spacial score (nSPS) is 22.4. The molecule has 1 atom stereocenters. The smallest absolute Gasteiger partial charge is 0.315 e. The molecule has 0 heterocycles. The molecule has 0 aromatic heterocycles. The molecule has 1 aliphatic carbocycles. The molecule has 0 radical (unpaired) electrons. The Hall–Kier alpha value is -1.23. The Kier molecular flexibility index (Phi) is 2.23. The summed E-state index contributed by atoms with van der Waals surface area (Å²) in [6.45, 7) is 0. The van der Waals surface area contributed by atoms with E-state index in [1.807, 2.05) is 0 Å². The van der Waals surface area contributed by atoms with Crippen LogP contribution in [0.3, 0.4) is 0 Å². The minimum absolute atomic E-state index is 0.0278. The minimum atomic E-state index is -3.72. The van der Waals surface area contributed by atoms with Crippen molar-refractivity contribution in [1.82, 2.24) is 0 Å². The summed E-state index contributed by atoms with van der Waals surface area (Å²) in [5.74, 6) is 0. The average molecular weight is 185 g/mol. The Morgan fingerprint density at radius 2 is 2.17 bits per heavy atom. The lowest BCUT2D eigenvalue weighted by Gasteiger charge is -2.04. The number of hydrogen-bond acceptors (Lipinski definition) is 2. The number of primary sulfonamides is 1. The molecular weight excluding hydrogens is 178 g/mol. The van der Waals surface area contributed by atoms with Crippen molar-refractivity contribution in [2.45, 2.75) is 5.25 Å². The monoisotopic (exact) mass is 185 g/mol. The van der Waals surface area contributed by atoms with Crippen LogP contribution in [0.1, 0.15) is 0 Å². The molecule has 0 bridgehead atoms. The van der Waals surface area contributed by atoms with Gasteiger partial charge >= 0.3 is 5.71 Å². The highest BCUT2D eigenvalue weighted by molar-refractivity contribution is 7.90. The topological polar surface area (TPSA) is 96.6 Å². The maximum absolute atomic E-state index is 10.9. The van der Waals surface area contributed by atoms with Gasteiger partial charge in [-0.15, -0.1) is 0 Å². The second-order valence-corrected chi connectivity index (χ2v) is 3.96. The van der Waals surface area contributed by atoms with E-state index in [2.05, 4.69) is 4.79 Å². The number of nitrogens with two attached hydrogens (primary N) is 1. The van der Waals surface area contributed by atoms with Gasteiger partial charge in [0.1, 0.15) is 0 Å². The van der Waals surface area contributed by atoms with Crippen LogP contribution >= 0.6 is 0 Å². The highest BCUT2D eigenvalue weighted by Crippen LogP contribution is 2.06. The zero-order chi connectivity index (χ0) is 9.19. The zero-order valence-corrected chi connectivity index (χ0v) is 6.90. The van der Waals surface area contributed by atoms with Crippen molar-refractivity contribution in [3.63, 3.8) is 0 Å². The number of hydrogen-bond donors (Lipinski definition) is 1. The molecule has 0 saturated carbocycles. The van der Waals surface area contributed by atoms with E-state index < -0.39 is 15.3 Å². The van der Waals surface area contributed by atoms with Gasteiger partial charge in [-0.25, -0.2) is 13.6 Å². The van der Waals surface area contributed by atoms with Crippen LogP contribution in [0.25, 0.3) is 5.53 Å². The fraction of sp³-hybridized carbons (Fsp3) is 0.167. The van der Waals surface area contributed by atoms with E-state index in [1.165, 1.54) is 18.2 Å². The largest absolute Gasteiger partial charge is 0.361 e. The van der Waals surface area contributed by atoms with Crippen molar-refractivity contribution in [3.8, 4) is 0 Å². The van der Waals surface area contributed by atoms with Crippen molar-refractivity contribution in [2.24, 2.45) is 5.14 Å². The molecule has 2 N–H and O–H groups in total. The molecule has 1 unspecified atom stereocenters. The zero-order valence-electron chi connectivity index (χ0n) is 6.08. The van der Waals surface area contributed by atoms with Gasteiger partial charge in [0.05, 0.1) is 0 Å². The maximum Gasteiger partial charge on any atom is 0.315 e. The molecule has 0 amide bonds. The Morgan fingerprint density at radius 3 is 2.58 bits per heavy atom. The van der Waals surface area contributed by atoms with Crippen LogP contribution in [0.5, 0.6) is 0 Å². The quantitative estimate of drug-likeness (QED) is 0.437. The van der Waals surface area contributed by atoms with E-state index in [1.54, 1.807) is 6.08 Å². The highest BCUT2D eigenvalue weighted by atomic mass is 32.2. The van der Waals surface area contributed by atoms with Crippen molar-refractivity contribution in [2.75, 3.05) is 0 Å². The van der Waals surface area contributed by atoms with Crippen LogP contribution in [0.4, 0.5) is 0 Å². The first-order chi connectivity index (χ1) is 5.55. The van der Waals surface area contributed by atoms with Crippen LogP contribution in [0, 0.1) is 0 Å². The fourth-order valence-corrected chi connectivity index (χ4v) is 1.65. The van der Waals surface area contributed by atoms with Gasteiger partial charge < -0.3 is 5.53 Å². The molecule has 0 saturated heterocycles. The van der Waals surface area contributed by atoms with Crippen LogP contribution in [0.15, 0.2) is 24.3 Å². The molecule has 0 fully saturated rings. The summed E-state index contributed by atoms with van der Waals surface area (Å²) in [5, 5.41) is 3.84. The van der Waals surface area contributed by atoms with Gasteiger partial charge in [0.2, 0.25) is 10.0 Å². The lowest BCUT2D eigenvalue weighted by atomic mass is 10.1. The molecule has 6 heteroatoms. The van der Waals surface area contributed by atoms with Gasteiger partial charge in [0.25, 0.3) is 0 Å². The van der Waals surface area contributed by atoms with Gasteiger partial charge in [-0.2, -0.15) is 4.79 Å². The Morgan fingerprint density at radius 1 is 1.50 bits per heavy atom. The average Bonchev–Trinajstić information content (AvgIpc) is 2.03. The van der Waals surface area contributed by atoms with Gasteiger partial charge in [0, 0.05) is 6.08 Å². The first-order valence-electron chi connectivity index (χ1n) is 3.14. The second kappa shape index (κ2) is 3.02. The molecule has 0 aliphatic heterocycles. The van der Waals surface area contributed by atoms with Crippen LogP contribution in [-0.4, -0.2) is 24.2 Å². The van der Waals surface area contributed by atoms with Crippen molar-refractivity contribution in [3.05, 3.63) is 29.8 Å². The van der Waals surface area contributed by atoms with E-state index in [0.29, 0.717) is 0 Å². The molecule has 1 aliphatic rings. The van der Waals surface area contributed by atoms with Crippen LogP contribution in [0.2, 0.25) is 0 Å². The third-order valence-corrected chi connectivity index (χ3v) is 2.53.